The van der Waals surface area contributed by atoms with E-state index >= 15 is 0 Å². The van der Waals surface area contributed by atoms with Gasteiger partial charge in [-0.1, -0.05) is 16.5 Å². The van der Waals surface area contributed by atoms with Crippen LogP contribution in [0.3, 0.4) is 0 Å². The molecule has 0 radical (unpaired) electrons. The minimum Gasteiger partial charge on any atom is -0.489 e. The molecule has 5 rings (SSSR count). The van der Waals surface area contributed by atoms with Crippen molar-refractivity contribution in [3.8, 4) is 5.75 Å². The first-order chi connectivity index (χ1) is 19.9. The van der Waals surface area contributed by atoms with E-state index in [1.807, 2.05) is 0 Å². The number of nitrogens with one attached hydrogen (secondary N) is 3. The second-order valence-corrected chi connectivity index (χ2v) is 12.4. The summed E-state index contributed by atoms with van der Waals surface area (Å²) in [4.78, 5) is 50.7. The number of nitrogen functional groups attached to an aromatic ring is 1. The zero-order valence-corrected chi connectivity index (χ0v) is 24.0. The molecule has 7 N–H and O–H groups in total. The molecule has 224 valence electrons. The van der Waals surface area contributed by atoms with Crippen LogP contribution in [0.15, 0.2) is 28.7 Å². The van der Waals surface area contributed by atoms with Crippen molar-refractivity contribution >= 4 is 77.0 Å². The van der Waals surface area contributed by atoms with Gasteiger partial charge in [-0.15, -0.1) is 11.3 Å². The SMILES string of the molecule is C[C@H]1[C@H](NC(=O)/C(=N\OC(COc2ccc3nc(NC4CNC4)sc3c2)C(=O)O)c2csc(N)n2)C(=O)N1S(=O)(=O)O. The lowest BCUT2D eigenvalue weighted by Crippen LogP contribution is -2.71. The average Bonchev–Trinajstić information content (AvgIpc) is 3.51. The Labute approximate surface area is 245 Å². The number of amides is 2. The maximum atomic E-state index is 13.0. The largest absolute Gasteiger partial charge is 0.489 e. The highest BCUT2D eigenvalue weighted by molar-refractivity contribution is 7.84. The molecule has 17 nitrogen and oxygen atoms in total. The van der Waals surface area contributed by atoms with Crippen LogP contribution >= 0.6 is 22.7 Å². The van der Waals surface area contributed by atoms with E-state index in [9.17, 15) is 27.9 Å². The van der Waals surface area contributed by atoms with Crippen LogP contribution < -0.4 is 26.4 Å². The molecule has 0 aliphatic carbocycles. The van der Waals surface area contributed by atoms with Crippen molar-refractivity contribution in [2.45, 2.75) is 31.2 Å². The molecule has 2 aliphatic heterocycles. The van der Waals surface area contributed by atoms with E-state index in [2.05, 4.69) is 31.1 Å². The molecule has 2 amide bonds. The monoisotopic (exact) mass is 640 g/mol. The first-order valence-electron chi connectivity index (χ1n) is 12.2. The Kier molecular flexibility index (Phi) is 8.14. The van der Waals surface area contributed by atoms with Crippen LogP contribution in [-0.4, -0.2) is 99.8 Å². The first kappa shape index (κ1) is 29.4. The summed E-state index contributed by atoms with van der Waals surface area (Å²) >= 11 is 2.39. The summed E-state index contributed by atoms with van der Waals surface area (Å²) in [6.07, 6.45) is -1.66. The van der Waals surface area contributed by atoms with Gasteiger partial charge in [0.2, 0.25) is 0 Å². The number of hydrogen-bond donors (Lipinski definition) is 6. The van der Waals surface area contributed by atoms with Crippen molar-refractivity contribution in [1.29, 1.82) is 0 Å². The number of carboxylic acid groups (broad SMARTS) is 1. The van der Waals surface area contributed by atoms with Gasteiger partial charge >= 0.3 is 16.3 Å². The van der Waals surface area contributed by atoms with Crippen molar-refractivity contribution in [3.63, 3.8) is 0 Å². The smallest absolute Gasteiger partial charge is 0.362 e. The van der Waals surface area contributed by atoms with Crippen LogP contribution in [0.1, 0.15) is 12.6 Å². The molecule has 3 aromatic rings. The van der Waals surface area contributed by atoms with Crippen LogP contribution in [0.5, 0.6) is 5.75 Å². The number of carbonyl (C=O) groups is 3. The standard InChI is InChI=1S/C22H24N8O9S3/c1-9-16(19(32)30(9)42(35,36)37)28-18(31)17(13-8-40-21(23)26-13)29-39-14(20(33)34)7-38-11-2-3-12-15(4-11)41-22(27-12)25-10-5-24-6-10/h2-4,8-10,14,16,24H,5-7H2,1H3,(H2,23,26)(H,25,27)(H,28,31)(H,33,34)(H,35,36,37)/b29-17-/t9-,14?,16-/m0/s1. The highest BCUT2D eigenvalue weighted by atomic mass is 32.2. The van der Waals surface area contributed by atoms with Gasteiger partial charge in [0.1, 0.15) is 24.1 Å². The molecule has 42 heavy (non-hydrogen) atoms. The average molecular weight is 641 g/mol. The molecule has 2 aliphatic rings. The second kappa shape index (κ2) is 11.6. The number of oxime groups is 1. The Morgan fingerprint density at radius 2 is 2.10 bits per heavy atom. The fourth-order valence-corrected chi connectivity index (χ4v) is 6.37. The third-order valence-electron chi connectivity index (χ3n) is 6.27. The molecule has 3 atom stereocenters. The van der Waals surface area contributed by atoms with E-state index in [4.69, 9.17) is 19.9 Å². The van der Waals surface area contributed by atoms with Crippen molar-refractivity contribution in [2.75, 3.05) is 30.7 Å². The molecule has 0 spiro atoms. The molecule has 2 saturated heterocycles. The highest BCUT2D eigenvalue weighted by Crippen LogP contribution is 2.30. The minimum atomic E-state index is -4.81. The Hall–Kier alpha value is -4.11. The third kappa shape index (κ3) is 6.21. The van der Waals surface area contributed by atoms with Gasteiger partial charge in [0.25, 0.3) is 17.9 Å². The van der Waals surface area contributed by atoms with Gasteiger partial charge in [-0.25, -0.2) is 19.1 Å². The number of anilines is 2. The molecule has 1 aromatic carbocycles. The number of β-lactam (4-membered cyclic amide) rings is 1. The number of benzene rings is 1. The van der Waals surface area contributed by atoms with Gasteiger partial charge in [-0.2, -0.15) is 8.42 Å². The first-order valence-corrected chi connectivity index (χ1v) is 15.3. The Morgan fingerprint density at radius 3 is 2.69 bits per heavy atom. The van der Waals surface area contributed by atoms with Gasteiger partial charge in [-0.05, 0) is 25.1 Å². The summed E-state index contributed by atoms with van der Waals surface area (Å²) in [7, 11) is -4.81. The van der Waals surface area contributed by atoms with Crippen molar-refractivity contribution < 1.29 is 42.0 Å². The number of ether oxygens (including phenoxy) is 1. The lowest BCUT2D eigenvalue weighted by Gasteiger charge is -2.42. The zero-order chi connectivity index (χ0) is 30.2. The van der Waals surface area contributed by atoms with Gasteiger partial charge in [0.15, 0.2) is 16.0 Å². The van der Waals surface area contributed by atoms with Crippen LogP contribution in [0.4, 0.5) is 10.3 Å². The lowest BCUT2D eigenvalue weighted by atomic mass is 10.0. The van der Waals surface area contributed by atoms with Gasteiger partial charge in [-0.3, -0.25) is 14.1 Å². The summed E-state index contributed by atoms with van der Waals surface area (Å²) in [5.74, 6) is -3.19. The second-order valence-electron chi connectivity index (χ2n) is 9.21. The number of thiazole rings is 2. The molecule has 0 saturated carbocycles. The highest BCUT2D eigenvalue weighted by Gasteiger charge is 2.51. The van der Waals surface area contributed by atoms with Gasteiger partial charge < -0.3 is 36.4 Å². The molecule has 0 bridgehead atoms. The maximum absolute atomic E-state index is 13.0. The van der Waals surface area contributed by atoms with E-state index in [-0.39, 0.29) is 15.1 Å². The van der Waals surface area contributed by atoms with Crippen LogP contribution in [-0.2, 0) is 29.5 Å². The van der Waals surface area contributed by atoms with Crippen LogP contribution in [0, 0.1) is 0 Å². The predicted molar refractivity (Wildman–Crippen MR) is 151 cm³/mol. The summed E-state index contributed by atoms with van der Waals surface area (Å²) < 4.78 is 38.5. The van der Waals surface area contributed by atoms with Crippen molar-refractivity contribution in [1.82, 2.24) is 24.9 Å². The fourth-order valence-electron chi connectivity index (χ4n) is 3.97. The molecule has 20 heteroatoms. The molecule has 2 fully saturated rings. The fraction of sp³-hybridized carbons (Fsp3) is 0.364. The van der Waals surface area contributed by atoms with Crippen molar-refractivity contribution in [2.24, 2.45) is 5.16 Å². The normalized spacial score (nSPS) is 20.0. The summed E-state index contributed by atoms with van der Waals surface area (Å²) in [6, 6.07) is 2.97. The van der Waals surface area contributed by atoms with E-state index in [1.54, 1.807) is 18.2 Å². The zero-order valence-electron chi connectivity index (χ0n) is 21.6. The number of aromatic nitrogens is 2. The van der Waals surface area contributed by atoms with E-state index < -0.39 is 58.6 Å². The van der Waals surface area contributed by atoms with Crippen LogP contribution in [0.25, 0.3) is 10.2 Å². The molecule has 1 unspecified atom stereocenters. The molecule has 4 heterocycles. The summed E-state index contributed by atoms with van der Waals surface area (Å²) in [6.45, 7) is 2.51. The topological polar surface area (TPSA) is 248 Å². The number of fused-ring (bicyclic) bond motifs is 1. The Morgan fingerprint density at radius 1 is 1.33 bits per heavy atom. The number of nitrogens with two attached hydrogens (primary N) is 1. The molecular weight excluding hydrogens is 616 g/mol. The Balaban J connectivity index is 1.27. The summed E-state index contributed by atoms with van der Waals surface area (Å²) in [5.41, 5.74) is 5.80. The number of hydrogen-bond acceptors (Lipinski definition) is 15. The van der Waals surface area contributed by atoms with Gasteiger partial charge in [0.05, 0.1) is 22.3 Å². The molecule has 2 aromatic heterocycles. The van der Waals surface area contributed by atoms with E-state index in [0.717, 1.165) is 39.8 Å². The quantitative estimate of drug-likeness (QED) is 0.0632. The van der Waals surface area contributed by atoms with E-state index in [0.29, 0.717) is 11.8 Å². The summed E-state index contributed by atoms with van der Waals surface area (Å²) in [5, 5.41) is 24.3. The lowest BCUT2D eigenvalue weighted by molar-refractivity contribution is -0.152. The van der Waals surface area contributed by atoms with E-state index in [1.165, 1.54) is 23.6 Å². The number of carboxylic acids is 1. The van der Waals surface area contributed by atoms with Crippen LogP contribution in [0.2, 0.25) is 0 Å². The minimum absolute atomic E-state index is 0.0652. The number of aliphatic carboxylic acids is 1. The third-order valence-corrected chi connectivity index (χ3v) is 8.90. The Bertz CT molecular complexity index is 1670. The van der Waals surface area contributed by atoms with Gasteiger partial charge in [0, 0.05) is 18.5 Å². The van der Waals surface area contributed by atoms with Crippen molar-refractivity contribution in [3.05, 3.63) is 29.3 Å². The molecular formula is C22H24N8O9S3. The number of nitrogens with zero attached hydrogens (tertiary/aromatic N) is 4. The predicted octanol–water partition coefficient (Wildman–Crippen LogP) is -0.510. The number of rotatable bonds is 12. The maximum Gasteiger partial charge on any atom is 0.362 e. The number of carbonyl (C=O) groups excluding carboxylic acids is 2.